The Hall–Kier alpha value is -2.02. The molecule has 0 radical (unpaired) electrons. The van der Waals surface area contributed by atoms with Crippen molar-refractivity contribution in [2.24, 2.45) is 0 Å². The smallest absolute Gasteiger partial charge is 0.193 e. The molecular weight excluding hydrogens is 190 g/mol. The lowest BCUT2D eigenvalue weighted by Crippen LogP contribution is -1.93. The third kappa shape index (κ3) is 2.02. The zero-order chi connectivity index (χ0) is 10.6. The van der Waals surface area contributed by atoms with E-state index in [0.29, 0.717) is 0 Å². The topological polar surface area (TPSA) is 34.1 Å². The van der Waals surface area contributed by atoms with Crippen LogP contribution in [0.4, 0.5) is 8.78 Å². The number of hydrogen-bond acceptors (Lipinski definition) is 2. The predicted molar refractivity (Wildman–Crippen MR) is 44.7 cm³/mol. The number of carbonyl (C=O) groups excluding carboxylic acids is 2. The number of hydrogen-bond donors (Lipinski definition) is 0. The molecule has 0 N–H and O–H groups in total. The Morgan fingerprint density at radius 3 is 2.43 bits per heavy atom. The standard InChI is InChI=1S/C10H4F2O2/c11-9-5-8(6-14)10(12)4-7(9)2-1-3-13/h3-6H. The quantitative estimate of drug-likeness (QED) is 0.499. The van der Waals surface area contributed by atoms with Crippen molar-refractivity contribution >= 4 is 12.6 Å². The highest BCUT2D eigenvalue weighted by molar-refractivity contribution is 5.76. The lowest BCUT2D eigenvalue weighted by Gasteiger charge is -1.97. The highest BCUT2D eigenvalue weighted by Gasteiger charge is 2.07. The molecule has 1 aromatic carbocycles. The van der Waals surface area contributed by atoms with Gasteiger partial charge >= 0.3 is 0 Å². The highest BCUT2D eigenvalue weighted by Crippen LogP contribution is 2.12. The van der Waals surface area contributed by atoms with Gasteiger partial charge in [0.25, 0.3) is 0 Å². The Balaban J connectivity index is 3.28. The summed E-state index contributed by atoms with van der Waals surface area (Å²) in [7, 11) is 0. The van der Waals surface area contributed by atoms with Crippen LogP contribution in [0.25, 0.3) is 0 Å². The fourth-order valence-corrected chi connectivity index (χ4v) is 0.856. The van der Waals surface area contributed by atoms with Crippen molar-refractivity contribution in [3.8, 4) is 11.8 Å². The van der Waals surface area contributed by atoms with Crippen molar-refractivity contribution < 1.29 is 18.4 Å². The molecule has 2 nitrogen and oxygen atoms in total. The van der Waals surface area contributed by atoms with Gasteiger partial charge in [-0.25, -0.2) is 8.78 Å². The molecule has 0 aliphatic carbocycles. The average Bonchev–Trinajstić information content (AvgIpc) is 2.18. The first kappa shape index (κ1) is 10.1. The molecule has 0 aromatic heterocycles. The van der Waals surface area contributed by atoms with Gasteiger partial charge in [0, 0.05) is 0 Å². The fourth-order valence-electron chi connectivity index (χ4n) is 0.856. The van der Waals surface area contributed by atoms with E-state index in [2.05, 4.69) is 5.92 Å². The molecule has 0 saturated heterocycles. The van der Waals surface area contributed by atoms with E-state index in [-0.39, 0.29) is 23.7 Å². The highest BCUT2D eigenvalue weighted by atomic mass is 19.1. The minimum Gasteiger partial charge on any atom is -0.298 e. The second kappa shape index (κ2) is 4.28. The summed E-state index contributed by atoms with van der Waals surface area (Å²) in [6.45, 7) is 0. The largest absolute Gasteiger partial charge is 0.298 e. The normalized spacial score (nSPS) is 8.71. The van der Waals surface area contributed by atoms with Crippen molar-refractivity contribution in [1.29, 1.82) is 0 Å². The van der Waals surface area contributed by atoms with Crippen LogP contribution >= 0.6 is 0 Å². The van der Waals surface area contributed by atoms with E-state index in [1.165, 1.54) is 0 Å². The van der Waals surface area contributed by atoms with Crippen LogP contribution < -0.4 is 0 Å². The van der Waals surface area contributed by atoms with Crippen LogP contribution in [0.15, 0.2) is 12.1 Å². The summed E-state index contributed by atoms with van der Waals surface area (Å²) < 4.78 is 25.9. The first-order valence-corrected chi connectivity index (χ1v) is 3.58. The maximum absolute atomic E-state index is 13.0. The fraction of sp³-hybridized carbons (Fsp3) is 0. The number of benzene rings is 1. The van der Waals surface area contributed by atoms with Crippen LogP contribution in [-0.4, -0.2) is 12.6 Å². The lowest BCUT2D eigenvalue weighted by molar-refractivity contribution is -0.103. The SMILES string of the molecule is O=CC#Cc1cc(F)c(C=O)cc1F. The third-order valence-electron chi connectivity index (χ3n) is 1.48. The van der Waals surface area contributed by atoms with E-state index in [0.717, 1.165) is 12.1 Å². The molecule has 0 aliphatic heterocycles. The van der Waals surface area contributed by atoms with Crippen LogP contribution in [0.3, 0.4) is 0 Å². The van der Waals surface area contributed by atoms with Gasteiger partial charge in [0.15, 0.2) is 12.6 Å². The average molecular weight is 194 g/mol. The van der Waals surface area contributed by atoms with Crippen LogP contribution in [-0.2, 0) is 4.79 Å². The zero-order valence-electron chi connectivity index (χ0n) is 6.88. The van der Waals surface area contributed by atoms with Gasteiger partial charge in [-0.2, -0.15) is 0 Å². The van der Waals surface area contributed by atoms with Crippen molar-refractivity contribution in [1.82, 2.24) is 0 Å². The summed E-state index contributed by atoms with van der Waals surface area (Å²) in [5.74, 6) is 2.36. The Morgan fingerprint density at radius 1 is 1.14 bits per heavy atom. The molecule has 70 valence electrons. The molecule has 0 spiro atoms. The number of aldehydes is 2. The second-order valence-corrected chi connectivity index (χ2v) is 2.36. The zero-order valence-corrected chi connectivity index (χ0v) is 6.88. The number of rotatable bonds is 1. The van der Waals surface area contributed by atoms with E-state index in [1.54, 1.807) is 0 Å². The maximum Gasteiger partial charge on any atom is 0.193 e. The summed E-state index contributed by atoms with van der Waals surface area (Å²) in [5, 5.41) is 0. The monoisotopic (exact) mass is 194 g/mol. The molecule has 0 saturated carbocycles. The van der Waals surface area contributed by atoms with Gasteiger partial charge in [-0.3, -0.25) is 9.59 Å². The summed E-state index contributed by atoms with van der Waals surface area (Å²) in [5.41, 5.74) is -0.626. The molecule has 1 rings (SSSR count). The first-order valence-electron chi connectivity index (χ1n) is 3.58. The molecule has 0 aliphatic rings. The number of halogens is 2. The Bertz CT molecular complexity index is 441. The molecule has 0 heterocycles. The maximum atomic E-state index is 13.0. The molecule has 0 unspecified atom stereocenters. The summed E-state index contributed by atoms with van der Waals surface area (Å²) >= 11 is 0. The molecule has 14 heavy (non-hydrogen) atoms. The van der Waals surface area contributed by atoms with Gasteiger partial charge in [-0.1, -0.05) is 5.92 Å². The Labute approximate surface area is 78.5 Å². The van der Waals surface area contributed by atoms with Crippen LogP contribution in [0.1, 0.15) is 15.9 Å². The van der Waals surface area contributed by atoms with E-state index >= 15 is 0 Å². The molecular formula is C10H4F2O2. The molecule has 0 amide bonds. The minimum absolute atomic E-state index is 0.204. The van der Waals surface area contributed by atoms with Gasteiger partial charge < -0.3 is 0 Å². The summed E-state index contributed by atoms with van der Waals surface area (Å²) in [6, 6.07) is 1.51. The lowest BCUT2D eigenvalue weighted by atomic mass is 10.1. The second-order valence-electron chi connectivity index (χ2n) is 2.36. The van der Waals surface area contributed by atoms with E-state index < -0.39 is 11.6 Å². The molecule has 4 heteroatoms. The Morgan fingerprint density at radius 2 is 1.86 bits per heavy atom. The van der Waals surface area contributed by atoms with Crippen LogP contribution in [0.2, 0.25) is 0 Å². The molecule has 0 atom stereocenters. The van der Waals surface area contributed by atoms with Crippen molar-refractivity contribution in [2.45, 2.75) is 0 Å². The minimum atomic E-state index is -0.864. The predicted octanol–water partition coefficient (Wildman–Crippen LogP) is 1.33. The first-order chi connectivity index (χ1) is 6.69. The van der Waals surface area contributed by atoms with Crippen molar-refractivity contribution in [3.63, 3.8) is 0 Å². The van der Waals surface area contributed by atoms with Crippen molar-refractivity contribution in [3.05, 3.63) is 34.9 Å². The number of carbonyl (C=O) groups is 2. The van der Waals surface area contributed by atoms with Gasteiger partial charge in [-0.15, -0.1) is 0 Å². The van der Waals surface area contributed by atoms with Crippen molar-refractivity contribution in [2.75, 3.05) is 0 Å². The van der Waals surface area contributed by atoms with E-state index in [9.17, 15) is 18.4 Å². The molecule has 0 fully saturated rings. The van der Waals surface area contributed by atoms with Gasteiger partial charge in [0.1, 0.15) is 11.6 Å². The summed E-state index contributed by atoms with van der Waals surface area (Å²) in [4.78, 5) is 20.1. The Kier molecular flexibility index (Phi) is 3.08. The van der Waals surface area contributed by atoms with Gasteiger partial charge in [0.05, 0.1) is 11.1 Å². The summed E-state index contributed by atoms with van der Waals surface area (Å²) in [6.07, 6.45) is 0.473. The van der Waals surface area contributed by atoms with Gasteiger partial charge in [0.2, 0.25) is 0 Å². The van der Waals surface area contributed by atoms with Crippen LogP contribution in [0, 0.1) is 23.5 Å². The third-order valence-corrected chi connectivity index (χ3v) is 1.48. The van der Waals surface area contributed by atoms with E-state index in [4.69, 9.17) is 0 Å². The molecule has 1 aromatic rings. The van der Waals surface area contributed by atoms with Crippen LogP contribution in [0.5, 0.6) is 0 Å². The van der Waals surface area contributed by atoms with E-state index in [1.807, 2.05) is 5.92 Å². The van der Waals surface area contributed by atoms with Gasteiger partial charge in [-0.05, 0) is 18.1 Å². The molecule has 0 bridgehead atoms.